The second kappa shape index (κ2) is 7.28. The Morgan fingerprint density at radius 3 is 2.38 bits per heavy atom. The Morgan fingerprint density at radius 2 is 1.72 bits per heavy atom. The van der Waals surface area contributed by atoms with Crippen molar-refractivity contribution in [1.29, 1.82) is 0 Å². The number of fused-ring (bicyclic) bond motifs is 5. The molecule has 4 heteroatoms. The van der Waals surface area contributed by atoms with Crippen LogP contribution in [0.1, 0.15) is 79.6 Å². The van der Waals surface area contributed by atoms with E-state index in [9.17, 15) is 9.59 Å². The van der Waals surface area contributed by atoms with Gasteiger partial charge in [0.1, 0.15) is 12.2 Å². The van der Waals surface area contributed by atoms with Gasteiger partial charge in [-0.25, -0.2) is 0 Å². The maximum absolute atomic E-state index is 11.7. The predicted octanol–water partition coefficient (Wildman–Crippen LogP) is 5.37. The normalized spacial score (nSPS) is 44.9. The number of ether oxygens (including phenoxy) is 2. The molecule has 3 fully saturated rings. The summed E-state index contributed by atoms with van der Waals surface area (Å²) in [5, 5.41) is 0. The maximum atomic E-state index is 11.7. The summed E-state index contributed by atoms with van der Waals surface area (Å²) in [5.41, 5.74) is 3.22. The fraction of sp³-hybridized carbons (Fsp3) is 0.760. The van der Waals surface area contributed by atoms with Crippen molar-refractivity contribution in [3.05, 3.63) is 23.3 Å². The third-order valence-electron chi connectivity index (χ3n) is 8.87. The summed E-state index contributed by atoms with van der Waals surface area (Å²) in [6.45, 7) is 10.0. The minimum Gasteiger partial charge on any atom is -0.462 e. The third-order valence-corrected chi connectivity index (χ3v) is 8.87. The van der Waals surface area contributed by atoms with E-state index in [1.54, 1.807) is 0 Å². The van der Waals surface area contributed by atoms with Crippen LogP contribution >= 0.6 is 0 Å². The Hall–Kier alpha value is -1.58. The molecule has 29 heavy (non-hydrogen) atoms. The van der Waals surface area contributed by atoms with E-state index in [-0.39, 0.29) is 35.0 Å². The minimum atomic E-state index is -0.172. The smallest absolute Gasteiger partial charge is 0.303 e. The number of allylic oxidation sites excluding steroid dienone is 2. The standard InChI is InChI=1S/C25H36O4/c1-6-20-23(29-16(3)27)14-22-19-8-7-17-13-18(28-15(2)26)9-11-24(17,4)21(19)10-12-25(20,22)5/h6-7,18-19,21-23H,8-14H2,1-5H3/b20-6-/t18?,19?,21?,22?,23?,24-,25+/m0/s1. The predicted molar refractivity (Wildman–Crippen MR) is 112 cm³/mol. The molecule has 0 aliphatic heterocycles. The molecule has 4 aliphatic carbocycles. The first-order valence-electron chi connectivity index (χ1n) is 11.4. The van der Waals surface area contributed by atoms with Crippen LogP contribution in [0.5, 0.6) is 0 Å². The molecule has 4 nitrogen and oxygen atoms in total. The van der Waals surface area contributed by atoms with Gasteiger partial charge >= 0.3 is 11.9 Å². The summed E-state index contributed by atoms with van der Waals surface area (Å²) in [7, 11) is 0. The summed E-state index contributed by atoms with van der Waals surface area (Å²) < 4.78 is 11.3. The zero-order chi connectivity index (χ0) is 21.0. The molecular weight excluding hydrogens is 364 g/mol. The molecule has 5 unspecified atom stereocenters. The highest BCUT2D eigenvalue weighted by molar-refractivity contribution is 5.67. The molecule has 0 radical (unpaired) electrons. The van der Waals surface area contributed by atoms with E-state index in [0.29, 0.717) is 17.8 Å². The average Bonchev–Trinajstić information content (AvgIpc) is 2.92. The molecule has 0 bridgehead atoms. The fourth-order valence-electron chi connectivity index (χ4n) is 7.63. The summed E-state index contributed by atoms with van der Waals surface area (Å²) in [4.78, 5) is 23.1. The number of rotatable bonds is 2. The van der Waals surface area contributed by atoms with Crippen LogP contribution in [0.4, 0.5) is 0 Å². The van der Waals surface area contributed by atoms with Crippen molar-refractivity contribution in [1.82, 2.24) is 0 Å². The molecule has 0 aromatic heterocycles. The van der Waals surface area contributed by atoms with E-state index in [1.165, 1.54) is 37.8 Å². The summed E-state index contributed by atoms with van der Waals surface area (Å²) >= 11 is 0. The van der Waals surface area contributed by atoms with Crippen molar-refractivity contribution in [3.8, 4) is 0 Å². The Labute approximate surface area is 175 Å². The molecule has 7 atom stereocenters. The van der Waals surface area contributed by atoms with E-state index in [4.69, 9.17) is 9.47 Å². The number of carbonyl (C=O) groups excluding carboxylic acids is 2. The minimum absolute atomic E-state index is 0.0479. The number of esters is 2. The lowest BCUT2D eigenvalue weighted by Gasteiger charge is -2.57. The van der Waals surface area contributed by atoms with Gasteiger partial charge in [0.05, 0.1) is 0 Å². The summed E-state index contributed by atoms with van der Waals surface area (Å²) in [6, 6.07) is 0. The van der Waals surface area contributed by atoms with Gasteiger partial charge in [-0.1, -0.05) is 31.6 Å². The SMILES string of the molecule is C/C=C1/C(OC(C)=O)CC2C3CC=C4CC(OC(C)=O)CC[C@]4(C)C3CC[C@]12C. The highest BCUT2D eigenvalue weighted by atomic mass is 16.5. The zero-order valence-corrected chi connectivity index (χ0v) is 18.6. The monoisotopic (exact) mass is 400 g/mol. The summed E-state index contributed by atoms with van der Waals surface area (Å²) in [5.74, 6) is 1.55. The van der Waals surface area contributed by atoms with E-state index < -0.39 is 0 Å². The van der Waals surface area contributed by atoms with Crippen LogP contribution < -0.4 is 0 Å². The highest BCUT2D eigenvalue weighted by Gasteiger charge is 2.59. The van der Waals surface area contributed by atoms with Crippen molar-refractivity contribution < 1.29 is 19.1 Å². The zero-order valence-electron chi connectivity index (χ0n) is 18.6. The molecule has 0 N–H and O–H groups in total. The Kier molecular flexibility index (Phi) is 5.19. The maximum Gasteiger partial charge on any atom is 0.303 e. The van der Waals surface area contributed by atoms with Crippen molar-refractivity contribution >= 4 is 11.9 Å². The van der Waals surface area contributed by atoms with Crippen LogP contribution in [0.15, 0.2) is 23.3 Å². The van der Waals surface area contributed by atoms with Crippen LogP contribution in [-0.4, -0.2) is 24.1 Å². The van der Waals surface area contributed by atoms with Gasteiger partial charge in [-0.05, 0) is 79.6 Å². The molecule has 4 rings (SSSR count). The molecule has 0 spiro atoms. The van der Waals surface area contributed by atoms with Crippen LogP contribution in [0.25, 0.3) is 0 Å². The van der Waals surface area contributed by atoms with Crippen LogP contribution in [0.2, 0.25) is 0 Å². The highest BCUT2D eigenvalue weighted by Crippen LogP contribution is 2.66. The van der Waals surface area contributed by atoms with Crippen molar-refractivity contribution in [2.45, 2.75) is 91.8 Å². The number of hydrogen-bond acceptors (Lipinski definition) is 4. The van der Waals surface area contributed by atoms with Crippen molar-refractivity contribution in [2.75, 3.05) is 0 Å². The molecule has 0 saturated heterocycles. The first-order valence-corrected chi connectivity index (χ1v) is 11.4. The second-order valence-electron chi connectivity index (χ2n) is 10.3. The second-order valence-corrected chi connectivity index (χ2v) is 10.3. The molecule has 3 saturated carbocycles. The molecule has 0 heterocycles. The van der Waals surface area contributed by atoms with Crippen molar-refractivity contribution in [3.63, 3.8) is 0 Å². The average molecular weight is 401 g/mol. The largest absolute Gasteiger partial charge is 0.462 e. The van der Waals surface area contributed by atoms with E-state index in [1.807, 2.05) is 0 Å². The van der Waals surface area contributed by atoms with E-state index in [0.717, 1.165) is 32.1 Å². The Morgan fingerprint density at radius 1 is 1.03 bits per heavy atom. The molecule has 0 aromatic rings. The molecule has 160 valence electrons. The van der Waals surface area contributed by atoms with Gasteiger partial charge in [-0.2, -0.15) is 0 Å². The van der Waals surface area contributed by atoms with Gasteiger partial charge in [-0.3, -0.25) is 9.59 Å². The van der Waals surface area contributed by atoms with Gasteiger partial charge in [0, 0.05) is 20.3 Å². The van der Waals surface area contributed by atoms with E-state index >= 15 is 0 Å². The molecule has 0 amide bonds. The van der Waals surface area contributed by atoms with Crippen LogP contribution in [0.3, 0.4) is 0 Å². The van der Waals surface area contributed by atoms with Crippen LogP contribution in [0, 0.1) is 28.6 Å². The van der Waals surface area contributed by atoms with Gasteiger partial charge in [0.25, 0.3) is 0 Å². The Bertz CT molecular complexity index is 765. The lowest BCUT2D eigenvalue weighted by molar-refractivity contribution is -0.148. The first kappa shape index (κ1) is 20.7. The van der Waals surface area contributed by atoms with Gasteiger partial charge in [-0.15, -0.1) is 0 Å². The first-order chi connectivity index (χ1) is 13.7. The fourth-order valence-corrected chi connectivity index (χ4v) is 7.63. The lowest BCUT2D eigenvalue weighted by atomic mass is 9.48. The summed E-state index contributed by atoms with van der Waals surface area (Å²) in [6.07, 6.45) is 12.1. The molecule has 4 aliphatic rings. The van der Waals surface area contributed by atoms with Gasteiger partial charge in [0.15, 0.2) is 0 Å². The molecule has 0 aromatic carbocycles. The number of hydrogen-bond donors (Lipinski definition) is 0. The molecular formula is C25H36O4. The quantitative estimate of drug-likeness (QED) is 0.462. The van der Waals surface area contributed by atoms with Gasteiger partial charge < -0.3 is 9.47 Å². The Balaban J connectivity index is 1.61. The van der Waals surface area contributed by atoms with E-state index in [2.05, 4.69) is 32.9 Å². The van der Waals surface area contributed by atoms with Crippen molar-refractivity contribution in [2.24, 2.45) is 28.6 Å². The number of carbonyl (C=O) groups is 2. The van der Waals surface area contributed by atoms with Gasteiger partial charge in [0.2, 0.25) is 0 Å². The third kappa shape index (κ3) is 3.27. The lowest BCUT2D eigenvalue weighted by Crippen LogP contribution is -2.49. The topological polar surface area (TPSA) is 52.6 Å². The van der Waals surface area contributed by atoms with Crippen LogP contribution in [-0.2, 0) is 19.1 Å².